The number of benzene rings is 2. The molecule has 3 aromatic rings. The molecule has 0 saturated heterocycles. The Morgan fingerprint density at radius 3 is 2.41 bits per heavy atom. The Morgan fingerprint density at radius 2 is 1.59 bits per heavy atom. The molecule has 0 radical (unpaired) electrons. The monoisotopic (exact) mass is 370 g/mol. The molecule has 0 spiro atoms. The van der Waals surface area contributed by atoms with E-state index >= 15 is 0 Å². The third-order valence-corrected chi connectivity index (χ3v) is 4.48. The van der Waals surface area contributed by atoms with Crippen LogP contribution in [0.15, 0.2) is 33.5 Å². The van der Waals surface area contributed by atoms with E-state index in [1.54, 1.807) is 24.3 Å². The number of fused-ring (bicyclic) bond motifs is 3. The average molecular weight is 370 g/mol. The zero-order valence-electron chi connectivity index (χ0n) is 14.5. The van der Waals surface area contributed by atoms with Crippen LogP contribution in [-0.4, -0.2) is 27.8 Å². The third-order valence-electron chi connectivity index (χ3n) is 4.48. The molecule has 0 amide bonds. The first-order valence-electron chi connectivity index (χ1n) is 8.12. The normalized spacial score (nSPS) is 13.9. The summed E-state index contributed by atoms with van der Waals surface area (Å²) in [5, 5.41) is 0.225. The van der Waals surface area contributed by atoms with Crippen LogP contribution < -0.4 is 33.8 Å². The molecule has 0 saturated carbocycles. The highest BCUT2D eigenvalue weighted by atomic mass is 16.7. The molecule has 27 heavy (non-hydrogen) atoms. The van der Waals surface area contributed by atoms with Crippen molar-refractivity contribution in [2.24, 2.45) is 0 Å². The Hall–Kier alpha value is -3.55. The summed E-state index contributed by atoms with van der Waals surface area (Å²) in [6, 6.07) is 6.86. The van der Waals surface area contributed by atoms with E-state index in [0.29, 0.717) is 34.1 Å². The molecule has 1 aromatic heterocycles. The quantitative estimate of drug-likeness (QED) is 0.696. The van der Waals surface area contributed by atoms with Crippen LogP contribution in [0.25, 0.3) is 22.3 Å². The van der Waals surface area contributed by atoms with Gasteiger partial charge in [-0.05, 0) is 18.2 Å². The average Bonchev–Trinajstić information content (AvgIpc) is 3.34. The van der Waals surface area contributed by atoms with E-state index < -0.39 is 0 Å². The standard InChI is InChI=1S/C19H14O8/c1-21-18-14-12(6-13-17(18)26-8-25-13)27-16(19(22-2)15(14)20)9-3-4-10-11(5-9)24-7-23-10/h3-6H,7-8H2,1-2H3. The van der Waals surface area contributed by atoms with Crippen LogP contribution >= 0.6 is 0 Å². The van der Waals surface area contributed by atoms with Crippen molar-refractivity contribution in [2.45, 2.75) is 0 Å². The summed E-state index contributed by atoms with van der Waals surface area (Å²) in [6.45, 7) is 0.195. The Kier molecular flexibility index (Phi) is 3.33. The molecule has 0 atom stereocenters. The summed E-state index contributed by atoms with van der Waals surface area (Å²) in [4.78, 5) is 13.1. The van der Waals surface area contributed by atoms with Gasteiger partial charge in [0.05, 0.1) is 14.2 Å². The van der Waals surface area contributed by atoms with E-state index in [4.69, 9.17) is 32.8 Å². The number of hydrogen-bond acceptors (Lipinski definition) is 8. The number of hydrogen-bond donors (Lipinski definition) is 0. The van der Waals surface area contributed by atoms with Crippen molar-refractivity contribution in [1.82, 2.24) is 0 Å². The fourth-order valence-corrected chi connectivity index (χ4v) is 3.27. The molecule has 8 heteroatoms. The molecule has 2 aliphatic rings. The van der Waals surface area contributed by atoms with Crippen molar-refractivity contribution in [1.29, 1.82) is 0 Å². The SMILES string of the molecule is COc1c(-c2ccc3c(c2)OCO3)oc2cc3c(c(OC)c2c1=O)OCO3. The maximum atomic E-state index is 13.1. The second-order valence-corrected chi connectivity index (χ2v) is 5.88. The smallest absolute Gasteiger partial charge is 0.239 e. The topological polar surface area (TPSA) is 85.6 Å². The van der Waals surface area contributed by atoms with Crippen LogP contribution in [0.3, 0.4) is 0 Å². The zero-order chi connectivity index (χ0) is 18.5. The minimum atomic E-state index is -0.374. The molecule has 2 aliphatic heterocycles. The van der Waals surface area contributed by atoms with E-state index in [1.807, 2.05) is 0 Å². The molecule has 0 unspecified atom stereocenters. The Labute approximate surface area is 152 Å². The first kappa shape index (κ1) is 15.7. The van der Waals surface area contributed by atoms with Gasteiger partial charge in [-0.1, -0.05) is 0 Å². The second kappa shape index (κ2) is 5.73. The number of ether oxygens (including phenoxy) is 6. The Morgan fingerprint density at radius 1 is 0.852 bits per heavy atom. The molecule has 138 valence electrons. The largest absolute Gasteiger partial charge is 0.492 e. The fourth-order valence-electron chi connectivity index (χ4n) is 3.27. The van der Waals surface area contributed by atoms with E-state index in [9.17, 15) is 4.79 Å². The minimum Gasteiger partial charge on any atom is -0.492 e. The number of rotatable bonds is 3. The maximum absolute atomic E-state index is 13.1. The van der Waals surface area contributed by atoms with Crippen LogP contribution in [0.4, 0.5) is 0 Å². The molecule has 0 bridgehead atoms. The highest BCUT2D eigenvalue weighted by Gasteiger charge is 2.28. The van der Waals surface area contributed by atoms with E-state index in [2.05, 4.69) is 0 Å². The Bertz CT molecular complexity index is 1130. The molecule has 0 aliphatic carbocycles. The van der Waals surface area contributed by atoms with Crippen LogP contribution in [0.5, 0.6) is 34.5 Å². The molecule has 0 fully saturated rings. The molecule has 2 aromatic carbocycles. The molecule has 5 rings (SSSR count). The van der Waals surface area contributed by atoms with Gasteiger partial charge in [0.15, 0.2) is 28.8 Å². The van der Waals surface area contributed by atoms with Crippen molar-refractivity contribution >= 4 is 11.0 Å². The van der Waals surface area contributed by atoms with Crippen molar-refractivity contribution in [2.75, 3.05) is 27.8 Å². The van der Waals surface area contributed by atoms with Gasteiger partial charge in [-0.15, -0.1) is 0 Å². The molecular weight excluding hydrogens is 356 g/mol. The van der Waals surface area contributed by atoms with E-state index in [-0.39, 0.29) is 41.7 Å². The summed E-state index contributed by atoms with van der Waals surface area (Å²) < 4.78 is 38.4. The fraction of sp³-hybridized carbons (Fsp3) is 0.211. The molecule has 3 heterocycles. The third kappa shape index (κ3) is 2.19. The summed E-state index contributed by atoms with van der Waals surface area (Å²) in [6.07, 6.45) is 0. The van der Waals surface area contributed by atoms with Crippen molar-refractivity contribution in [3.63, 3.8) is 0 Å². The predicted octanol–water partition coefficient (Wildman–Crippen LogP) is 2.93. The van der Waals surface area contributed by atoms with Crippen LogP contribution in [0.1, 0.15) is 0 Å². The van der Waals surface area contributed by atoms with Gasteiger partial charge in [0.25, 0.3) is 0 Å². The van der Waals surface area contributed by atoms with Gasteiger partial charge in [-0.2, -0.15) is 0 Å². The van der Waals surface area contributed by atoms with Gasteiger partial charge in [0.2, 0.25) is 30.5 Å². The van der Waals surface area contributed by atoms with Gasteiger partial charge in [0, 0.05) is 11.6 Å². The van der Waals surface area contributed by atoms with Gasteiger partial charge in [-0.25, -0.2) is 0 Å². The summed E-state index contributed by atoms with van der Waals surface area (Å²) in [5.41, 5.74) is 0.544. The minimum absolute atomic E-state index is 0.0440. The lowest BCUT2D eigenvalue weighted by molar-refractivity contribution is 0.171. The lowest BCUT2D eigenvalue weighted by Gasteiger charge is -2.12. The zero-order valence-corrected chi connectivity index (χ0v) is 14.5. The molecular formula is C19H14O8. The molecule has 8 nitrogen and oxygen atoms in total. The molecule has 0 N–H and O–H groups in total. The van der Waals surface area contributed by atoms with Crippen molar-refractivity contribution in [3.8, 4) is 45.8 Å². The van der Waals surface area contributed by atoms with Crippen molar-refractivity contribution in [3.05, 3.63) is 34.5 Å². The highest BCUT2D eigenvalue weighted by Crippen LogP contribution is 2.47. The van der Waals surface area contributed by atoms with E-state index in [0.717, 1.165) is 0 Å². The van der Waals surface area contributed by atoms with Gasteiger partial charge < -0.3 is 32.8 Å². The van der Waals surface area contributed by atoms with E-state index in [1.165, 1.54) is 14.2 Å². The summed E-state index contributed by atoms with van der Waals surface area (Å²) in [7, 11) is 2.86. The summed E-state index contributed by atoms with van der Waals surface area (Å²) >= 11 is 0. The highest BCUT2D eigenvalue weighted by molar-refractivity contribution is 5.92. The van der Waals surface area contributed by atoms with Gasteiger partial charge in [-0.3, -0.25) is 4.79 Å². The van der Waals surface area contributed by atoms with Crippen LogP contribution in [-0.2, 0) is 0 Å². The summed E-state index contributed by atoms with van der Waals surface area (Å²) in [5.74, 6) is 2.60. The second-order valence-electron chi connectivity index (χ2n) is 5.88. The van der Waals surface area contributed by atoms with Crippen LogP contribution in [0.2, 0.25) is 0 Å². The maximum Gasteiger partial charge on any atom is 0.239 e. The lowest BCUT2D eigenvalue weighted by Crippen LogP contribution is -2.09. The lowest BCUT2D eigenvalue weighted by atomic mass is 10.1. The predicted molar refractivity (Wildman–Crippen MR) is 93.3 cm³/mol. The van der Waals surface area contributed by atoms with Crippen LogP contribution in [0, 0.1) is 0 Å². The Balaban J connectivity index is 1.81. The number of methoxy groups -OCH3 is 2. The van der Waals surface area contributed by atoms with Crippen molar-refractivity contribution < 1.29 is 32.8 Å². The first-order chi connectivity index (χ1) is 13.2. The first-order valence-corrected chi connectivity index (χ1v) is 8.12. The van der Waals surface area contributed by atoms with Gasteiger partial charge in [0.1, 0.15) is 11.0 Å². The van der Waals surface area contributed by atoms with Gasteiger partial charge >= 0.3 is 0 Å².